The van der Waals surface area contributed by atoms with Crippen LogP contribution in [0.25, 0.3) is 21.9 Å². The van der Waals surface area contributed by atoms with Gasteiger partial charge in [-0.1, -0.05) is 41.9 Å². The minimum Gasteiger partial charge on any atom is -0.479 e. The molecule has 1 aliphatic rings. The number of carboxylic acid groups (broad SMARTS) is 1. The molecule has 0 aromatic heterocycles. The molecule has 0 saturated carbocycles. The lowest BCUT2D eigenvalue weighted by Gasteiger charge is -2.37. The first-order valence-electron chi connectivity index (χ1n) is 12.0. The number of fused-ring (bicyclic) bond motifs is 1. The Morgan fingerprint density at radius 2 is 1.71 bits per heavy atom. The van der Waals surface area contributed by atoms with E-state index in [1.807, 2.05) is 76.2 Å². The second-order valence-electron chi connectivity index (χ2n) is 10.7. The van der Waals surface area contributed by atoms with Crippen molar-refractivity contribution in [2.75, 3.05) is 20.1 Å². The van der Waals surface area contributed by atoms with Crippen molar-refractivity contribution in [3.05, 3.63) is 70.2 Å². The molecule has 1 fully saturated rings. The Hall–Kier alpha value is -2.44. The Labute approximate surface area is 212 Å². The van der Waals surface area contributed by atoms with Crippen molar-refractivity contribution in [1.82, 2.24) is 4.90 Å². The number of nitrogens with zero attached hydrogens (tertiary/aromatic N) is 1. The highest BCUT2D eigenvalue weighted by molar-refractivity contribution is 6.30. The molecule has 6 heteroatoms. The van der Waals surface area contributed by atoms with E-state index in [-0.39, 0.29) is 0 Å². The Balaban J connectivity index is 2.01. The lowest BCUT2D eigenvalue weighted by Crippen LogP contribution is -2.40. The highest BCUT2D eigenvalue weighted by atomic mass is 35.5. The maximum atomic E-state index is 12.5. The van der Waals surface area contributed by atoms with Crippen LogP contribution in [0.15, 0.2) is 48.5 Å². The van der Waals surface area contributed by atoms with Gasteiger partial charge in [-0.3, -0.25) is 0 Å². The number of hydrogen-bond acceptors (Lipinski definition) is 4. The number of rotatable bonds is 5. The zero-order chi connectivity index (χ0) is 25.5. The quantitative estimate of drug-likeness (QED) is 0.433. The SMILES string of the molecule is Cc1cc2ccc(C3(O)CCN(C)CC3)cc2c(-c2ccc(Cl)cc2)c1C(OC(C)(C)C)C(=O)O. The van der Waals surface area contributed by atoms with Crippen molar-refractivity contribution >= 4 is 28.3 Å². The third kappa shape index (κ3) is 5.39. The van der Waals surface area contributed by atoms with Crippen LogP contribution in [0.5, 0.6) is 0 Å². The molecule has 5 nitrogen and oxygen atoms in total. The molecule has 0 radical (unpaired) electrons. The van der Waals surface area contributed by atoms with Crippen molar-refractivity contribution < 1.29 is 19.7 Å². The van der Waals surface area contributed by atoms with Gasteiger partial charge in [-0.05, 0) is 98.8 Å². The monoisotopic (exact) mass is 495 g/mol. The van der Waals surface area contributed by atoms with E-state index in [4.69, 9.17) is 16.3 Å². The zero-order valence-corrected chi connectivity index (χ0v) is 21.8. The van der Waals surface area contributed by atoms with E-state index in [0.717, 1.165) is 46.1 Å². The molecule has 186 valence electrons. The number of carboxylic acids is 1. The number of aliphatic carboxylic acids is 1. The highest BCUT2D eigenvalue weighted by Gasteiger charge is 2.35. The van der Waals surface area contributed by atoms with E-state index in [9.17, 15) is 15.0 Å². The second-order valence-corrected chi connectivity index (χ2v) is 11.1. The van der Waals surface area contributed by atoms with Gasteiger partial charge in [0, 0.05) is 23.7 Å². The summed E-state index contributed by atoms with van der Waals surface area (Å²) in [5, 5.41) is 24.2. The third-order valence-electron chi connectivity index (χ3n) is 6.83. The lowest BCUT2D eigenvalue weighted by atomic mass is 9.81. The van der Waals surface area contributed by atoms with Crippen LogP contribution in [0.1, 0.15) is 56.4 Å². The Kier molecular flexibility index (Phi) is 7.00. The van der Waals surface area contributed by atoms with Crippen molar-refractivity contribution in [2.45, 2.75) is 57.8 Å². The molecule has 0 aliphatic carbocycles. The molecule has 3 aromatic carbocycles. The van der Waals surface area contributed by atoms with Crippen molar-refractivity contribution in [1.29, 1.82) is 0 Å². The molecule has 1 atom stereocenters. The van der Waals surface area contributed by atoms with E-state index in [2.05, 4.69) is 11.9 Å². The lowest BCUT2D eigenvalue weighted by molar-refractivity contribution is -0.160. The van der Waals surface area contributed by atoms with Crippen LogP contribution in [0.3, 0.4) is 0 Å². The summed E-state index contributed by atoms with van der Waals surface area (Å²) < 4.78 is 6.10. The third-order valence-corrected chi connectivity index (χ3v) is 7.08. The smallest absolute Gasteiger partial charge is 0.337 e. The predicted octanol–water partition coefficient (Wildman–Crippen LogP) is 6.32. The van der Waals surface area contributed by atoms with Gasteiger partial charge in [0.1, 0.15) is 0 Å². The van der Waals surface area contributed by atoms with E-state index >= 15 is 0 Å². The van der Waals surface area contributed by atoms with Gasteiger partial charge in [0.2, 0.25) is 0 Å². The van der Waals surface area contributed by atoms with E-state index in [1.165, 1.54) is 0 Å². The Morgan fingerprint density at radius 1 is 1.09 bits per heavy atom. The van der Waals surface area contributed by atoms with E-state index < -0.39 is 23.3 Å². The minimum atomic E-state index is -1.15. The van der Waals surface area contributed by atoms with Crippen LogP contribution in [0.4, 0.5) is 0 Å². The fourth-order valence-electron chi connectivity index (χ4n) is 4.97. The number of hydrogen-bond donors (Lipinski definition) is 2. The average molecular weight is 496 g/mol. The Morgan fingerprint density at radius 3 is 2.29 bits per heavy atom. The molecule has 0 spiro atoms. The molecule has 1 heterocycles. The van der Waals surface area contributed by atoms with Crippen LogP contribution < -0.4 is 0 Å². The molecular formula is C29H34ClNO4. The molecule has 4 rings (SSSR count). The zero-order valence-electron chi connectivity index (χ0n) is 21.1. The maximum Gasteiger partial charge on any atom is 0.337 e. The minimum absolute atomic E-state index is 0.606. The van der Waals surface area contributed by atoms with Crippen LogP contribution in [0.2, 0.25) is 5.02 Å². The molecule has 0 amide bonds. The summed E-state index contributed by atoms with van der Waals surface area (Å²) in [5.41, 5.74) is 2.39. The molecule has 3 aromatic rings. The number of halogens is 1. The number of aliphatic hydroxyl groups is 1. The fraction of sp³-hybridized carbons (Fsp3) is 0.414. The summed E-state index contributed by atoms with van der Waals surface area (Å²) in [6, 6.07) is 15.5. The van der Waals surface area contributed by atoms with Crippen molar-refractivity contribution in [3.63, 3.8) is 0 Å². The topological polar surface area (TPSA) is 70.0 Å². The molecule has 0 bridgehead atoms. The average Bonchev–Trinajstić information content (AvgIpc) is 2.78. The maximum absolute atomic E-state index is 12.5. The first-order chi connectivity index (χ1) is 16.4. The number of benzene rings is 3. The number of ether oxygens (including phenoxy) is 1. The van der Waals surface area contributed by atoms with Gasteiger partial charge < -0.3 is 19.8 Å². The molecular weight excluding hydrogens is 462 g/mol. The van der Waals surface area contributed by atoms with Gasteiger partial charge in [-0.25, -0.2) is 4.79 Å². The van der Waals surface area contributed by atoms with Gasteiger partial charge >= 0.3 is 5.97 Å². The normalized spacial score (nSPS) is 17.5. The summed E-state index contributed by atoms with van der Waals surface area (Å²) in [6.07, 6.45) is 0.143. The first kappa shape index (κ1) is 25.6. The predicted molar refractivity (Wildman–Crippen MR) is 141 cm³/mol. The number of carbonyl (C=O) groups is 1. The van der Waals surface area contributed by atoms with E-state index in [0.29, 0.717) is 23.4 Å². The number of piperidine rings is 1. The summed E-state index contributed by atoms with van der Waals surface area (Å²) in [5.74, 6) is -1.04. The van der Waals surface area contributed by atoms with Crippen LogP contribution in [-0.4, -0.2) is 46.8 Å². The standard InChI is InChI=1S/C29H34ClNO4/c1-18-16-20-6-9-21(29(34)12-14-31(5)15-13-29)17-23(20)25(19-7-10-22(30)11-8-19)24(18)26(27(32)33)35-28(2,3)4/h6-11,16-17,26,34H,12-15H2,1-5H3,(H,32,33). The molecule has 35 heavy (non-hydrogen) atoms. The van der Waals surface area contributed by atoms with Gasteiger partial charge in [0.25, 0.3) is 0 Å². The van der Waals surface area contributed by atoms with Crippen LogP contribution in [0, 0.1) is 6.92 Å². The summed E-state index contributed by atoms with van der Waals surface area (Å²) in [7, 11) is 2.06. The highest BCUT2D eigenvalue weighted by Crippen LogP contribution is 2.43. The summed E-state index contributed by atoms with van der Waals surface area (Å²) >= 11 is 6.19. The number of likely N-dealkylation sites (tertiary alicyclic amines) is 1. The molecule has 1 aliphatic heterocycles. The summed E-state index contributed by atoms with van der Waals surface area (Å²) in [4.78, 5) is 14.7. The van der Waals surface area contributed by atoms with Crippen LogP contribution >= 0.6 is 11.6 Å². The van der Waals surface area contributed by atoms with Gasteiger partial charge in [0.15, 0.2) is 6.10 Å². The fourth-order valence-corrected chi connectivity index (χ4v) is 5.10. The molecule has 1 saturated heterocycles. The van der Waals surface area contributed by atoms with Crippen molar-refractivity contribution in [3.8, 4) is 11.1 Å². The largest absolute Gasteiger partial charge is 0.479 e. The molecule has 2 N–H and O–H groups in total. The van der Waals surface area contributed by atoms with E-state index in [1.54, 1.807) is 0 Å². The van der Waals surface area contributed by atoms with Gasteiger partial charge in [-0.15, -0.1) is 0 Å². The van der Waals surface area contributed by atoms with Crippen molar-refractivity contribution in [2.24, 2.45) is 0 Å². The number of aryl methyl sites for hydroxylation is 1. The van der Waals surface area contributed by atoms with Gasteiger partial charge in [0.05, 0.1) is 11.2 Å². The van der Waals surface area contributed by atoms with Crippen LogP contribution in [-0.2, 0) is 15.1 Å². The summed E-state index contributed by atoms with van der Waals surface area (Å²) in [6.45, 7) is 9.13. The Bertz CT molecular complexity index is 1240. The molecule has 1 unspecified atom stereocenters. The van der Waals surface area contributed by atoms with Gasteiger partial charge in [-0.2, -0.15) is 0 Å². The first-order valence-corrected chi connectivity index (χ1v) is 12.4. The second kappa shape index (κ2) is 9.55.